The molecule has 6 rings (SSSR count). The Balaban J connectivity index is 1.22. The standard InChI is InChI=1S/C33H28N4O11S/c1-33(2)24(30(42)43)37-28(41)22(29(37)49-33)35-26(39)21(16-8-5-4-6-9-16)34-25(38)17-12-14-18(15-13-17)36-27(40)19-10-7-11-20(47-32(45)46-3)23(19)48-31(36)44/h4-15,21-22,24,29H,1-3H3,(H,34,38)(H,35,39)(H,42,43)/t21-,22-,24+,29-/m1/s1. The maximum Gasteiger partial charge on any atom is 0.513 e. The lowest BCUT2D eigenvalue weighted by Gasteiger charge is -2.44. The van der Waals surface area contributed by atoms with E-state index in [9.17, 15) is 38.7 Å². The van der Waals surface area contributed by atoms with Crippen molar-refractivity contribution in [1.29, 1.82) is 0 Å². The van der Waals surface area contributed by atoms with E-state index in [0.717, 1.165) is 11.7 Å². The third-order valence-electron chi connectivity index (χ3n) is 8.18. The molecule has 3 heterocycles. The van der Waals surface area contributed by atoms with Gasteiger partial charge in [0.15, 0.2) is 11.3 Å². The number of carbonyl (C=O) groups is 5. The number of nitrogens with one attached hydrogen (secondary N) is 2. The normalized spacial score (nSPS) is 19.7. The molecule has 0 spiro atoms. The highest BCUT2D eigenvalue weighted by Crippen LogP contribution is 2.50. The highest BCUT2D eigenvalue weighted by Gasteiger charge is 2.64. The first-order valence-corrected chi connectivity index (χ1v) is 15.6. The van der Waals surface area contributed by atoms with Crippen LogP contribution in [0.5, 0.6) is 5.75 Å². The molecular formula is C33H28N4O11S. The second kappa shape index (κ2) is 12.6. The van der Waals surface area contributed by atoms with Gasteiger partial charge in [-0.1, -0.05) is 36.4 Å². The van der Waals surface area contributed by atoms with Crippen LogP contribution in [0.25, 0.3) is 16.7 Å². The maximum atomic E-state index is 13.6. The number of rotatable bonds is 8. The molecular weight excluding hydrogens is 660 g/mol. The monoisotopic (exact) mass is 688 g/mol. The van der Waals surface area contributed by atoms with Gasteiger partial charge in [0.2, 0.25) is 11.8 Å². The number of benzene rings is 3. The van der Waals surface area contributed by atoms with Gasteiger partial charge in [-0.05, 0) is 55.8 Å². The molecule has 2 aliphatic rings. The molecule has 1 aromatic heterocycles. The molecule has 3 amide bonds. The average Bonchev–Trinajstić information content (AvgIpc) is 3.34. The fourth-order valence-electron chi connectivity index (χ4n) is 5.86. The second-order valence-corrected chi connectivity index (χ2v) is 13.4. The molecule has 0 bridgehead atoms. The Morgan fingerprint density at radius 3 is 2.31 bits per heavy atom. The number of aliphatic carboxylic acids is 1. The summed E-state index contributed by atoms with van der Waals surface area (Å²) < 4.78 is 14.7. The van der Waals surface area contributed by atoms with Gasteiger partial charge in [-0.15, -0.1) is 11.8 Å². The summed E-state index contributed by atoms with van der Waals surface area (Å²) in [6.45, 7) is 3.45. The quantitative estimate of drug-likeness (QED) is 0.139. The Morgan fingerprint density at radius 2 is 1.65 bits per heavy atom. The highest BCUT2D eigenvalue weighted by atomic mass is 32.2. The van der Waals surface area contributed by atoms with Crippen LogP contribution in [0.2, 0.25) is 0 Å². The molecule has 3 aromatic carbocycles. The minimum atomic E-state index is -1.23. The van der Waals surface area contributed by atoms with E-state index in [-0.39, 0.29) is 28.0 Å². The minimum absolute atomic E-state index is 0.0642. The van der Waals surface area contributed by atoms with Gasteiger partial charge in [0.05, 0.1) is 18.2 Å². The van der Waals surface area contributed by atoms with Crippen molar-refractivity contribution in [2.75, 3.05) is 7.11 Å². The third-order valence-corrected chi connectivity index (χ3v) is 9.75. The number of ether oxygens (including phenoxy) is 2. The Kier molecular flexibility index (Phi) is 8.50. The molecule has 0 saturated carbocycles. The minimum Gasteiger partial charge on any atom is -0.480 e. The largest absolute Gasteiger partial charge is 0.513 e. The van der Waals surface area contributed by atoms with Crippen molar-refractivity contribution >= 4 is 52.6 Å². The number of para-hydroxylation sites is 1. The molecule has 3 N–H and O–H groups in total. The van der Waals surface area contributed by atoms with Crippen molar-refractivity contribution in [1.82, 2.24) is 20.1 Å². The molecule has 0 radical (unpaired) electrons. The van der Waals surface area contributed by atoms with Gasteiger partial charge < -0.3 is 34.5 Å². The van der Waals surface area contributed by atoms with E-state index in [0.29, 0.717) is 5.56 Å². The smallest absolute Gasteiger partial charge is 0.480 e. The number of thioether (sulfide) groups is 1. The summed E-state index contributed by atoms with van der Waals surface area (Å²) in [4.78, 5) is 90.9. The number of hydrogen-bond donors (Lipinski definition) is 3. The molecule has 15 nitrogen and oxygen atoms in total. The zero-order valence-electron chi connectivity index (χ0n) is 26.1. The highest BCUT2D eigenvalue weighted by molar-refractivity contribution is 8.01. The van der Waals surface area contributed by atoms with Crippen molar-refractivity contribution in [3.63, 3.8) is 0 Å². The molecule has 49 heavy (non-hydrogen) atoms. The van der Waals surface area contributed by atoms with E-state index in [2.05, 4.69) is 15.4 Å². The predicted octanol–water partition coefficient (Wildman–Crippen LogP) is 2.19. The van der Waals surface area contributed by atoms with E-state index >= 15 is 0 Å². The summed E-state index contributed by atoms with van der Waals surface area (Å²) in [7, 11) is 1.09. The van der Waals surface area contributed by atoms with Crippen LogP contribution in [-0.2, 0) is 19.1 Å². The number of fused-ring (bicyclic) bond motifs is 2. The Labute approximate surface area is 280 Å². The molecule has 16 heteroatoms. The fraction of sp³-hybridized carbons (Fsp3) is 0.242. The zero-order valence-corrected chi connectivity index (χ0v) is 26.9. The lowest BCUT2D eigenvalue weighted by atomic mass is 9.95. The lowest BCUT2D eigenvalue weighted by Crippen LogP contribution is -2.71. The molecule has 4 atom stereocenters. The summed E-state index contributed by atoms with van der Waals surface area (Å²) in [5.41, 5.74) is -0.464. The van der Waals surface area contributed by atoms with Gasteiger partial charge in [0, 0.05) is 10.3 Å². The van der Waals surface area contributed by atoms with E-state index < -0.39 is 69.4 Å². The number of amides is 3. The number of nitrogens with zero attached hydrogens (tertiary/aromatic N) is 2. The maximum absolute atomic E-state index is 13.6. The summed E-state index contributed by atoms with van der Waals surface area (Å²) in [6.07, 6.45) is -1.07. The molecule has 2 aliphatic heterocycles. The molecule has 0 aliphatic carbocycles. The number of carbonyl (C=O) groups excluding carboxylic acids is 4. The van der Waals surface area contributed by atoms with Gasteiger partial charge in [0.1, 0.15) is 23.5 Å². The van der Waals surface area contributed by atoms with Crippen LogP contribution in [0, 0.1) is 0 Å². The van der Waals surface area contributed by atoms with Crippen LogP contribution < -0.4 is 26.7 Å². The van der Waals surface area contributed by atoms with E-state index in [1.54, 1.807) is 44.2 Å². The van der Waals surface area contributed by atoms with Gasteiger partial charge in [0.25, 0.3) is 11.5 Å². The summed E-state index contributed by atoms with van der Waals surface area (Å²) in [5, 5.41) is 14.4. The Bertz CT molecular complexity index is 2130. The number of methoxy groups -OCH3 is 1. The van der Waals surface area contributed by atoms with Crippen molar-refractivity contribution in [3.05, 3.63) is 105 Å². The third kappa shape index (κ3) is 5.90. The SMILES string of the molecule is COC(=O)Oc1cccc2c(=O)n(-c3ccc(C(=O)N[C@@H](C(=O)N[C@@H]4C(=O)N5[C@@H]4SC(C)(C)[C@@H]5C(=O)O)c4ccccc4)cc3)c(=O)oc12. The van der Waals surface area contributed by atoms with Gasteiger partial charge >= 0.3 is 17.9 Å². The van der Waals surface area contributed by atoms with E-state index in [1.807, 2.05) is 0 Å². The van der Waals surface area contributed by atoms with Crippen molar-refractivity contribution in [2.45, 2.75) is 42.1 Å². The first-order valence-electron chi connectivity index (χ1n) is 14.8. The van der Waals surface area contributed by atoms with Gasteiger partial charge in [-0.2, -0.15) is 0 Å². The topological polar surface area (TPSA) is 204 Å². The van der Waals surface area contributed by atoms with E-state index in [4.69, 9.17) is 9.15 Å². The van der Waals surface area contributed by atoms with Crippen LogP contribution in [0.3, 0.4) is 0 Å². The number of carboxylic acids is 1. The number of carboxylic acid groups (broad SMARTS) is 1. The van der Waals surface area contributed by atoms with Crippen molar-refractivity contribution in [2.24, 2.45) is 0 Å². The molecule has 4 aromatic rings. The van der Waals surface area contributed by atoms with Crippen LogP contribution in [0.4, 0.5) is 4.79 Å². The van der Waals surface area contributed by atoms with Gasteiger partial charge in [-0.3, -0.25) is 19.2 Å². The molecule has 2 saturated heterocycles. The Hall–Kier alpha value is -5.90. The van der Waals surface area contributed by atoms with Crippen LogP contribution in [-0.4, -0.2) is 73.7 Å². The van der Waals surface area contributed by atoms with Crippen LogP contribution in [0.15, 0.2) is 86.8 Å². The Morgan fingerprint density at radius 1 is 0.959 bits per heavy atom. The molecule has 252 valence electrons. The lowest BCUT2D eigenvalue weighted by molar-refractivity contribution is -0.161. The predicted molar refractivity (Wildman–Crippen MR) is 173 cm³/mol. The summed E-state index contributed by atoms with van der Waals surface area (Å²) in [6, 6.07) is 14.6. The molecule has 0 unspecified atom stereocenters. The fourth-order valence-corrected chi connectivity index (χ4v) is 7.49. The number of hydrogen-bond acceptors (Lipinski definition) is 11. The van der Waals surface area contributed by atoms with Crippen molar-refractivity contribution < 1.29 is 43.0 Å². The number of aromatic nitrogens is 1. The summed E-state index contributed by atoms with van der Waals surface area (Å²) >= 11 is 1.28. The van der Waals surface area contributed by atoms with Crippen molar-refractivity contribution in [3.8, 4) is 11.4 Å². The average molecular weight is 689 g/mol. The first kappa shape index (κ1) is 33.0. The van der Waals surface area contributed by atoms with E-state index in [1.165, 1.54) is 59.1 Å². The number of β-lactam (4-membered cyclic amide) rings is 1. The zero-order chi connectivity index (χ0) is 35.2. The second-order valence-electron chi connectivity index (χ2n) is 11.6. The van der Waals surface area contributed by atoms with Crippen LogP contribution >= 0.6 is 11.8 Å². The molecule has 2 fully saturated rings. The summed E-state index contributed by atoms with van der Waals surface area (Å²) in [5.74, 6) is -4.30. The first-order chi connectivity index (χ1) is 23.3. The van der Waals surface area contributed by atoms with Gasteiger partial charge in [-0.25, -0.2) is 19.0 Å². The van der Waals surface area contributed by atoms with Crippen LogP contribution in [0.1, 0.15) is 35.8 Å².